The van der Waals surface area contributed by atoms with Gasteiger partial charge in [0, 0.05) is 25.7 Å². The van der Waals surface area contributed by atoms with Crippen LogP contribution < -0.4 is 5.32 Å². The molecule has 1 fully saturated rings. The highest BCUT2D eigenvalue weighted by Crippen LogP contribution is 2.28. The summed E-state index contributed by atoms with van der Waals surface area (Å²) in [6.07, 6.45) is 3.74. The third-order valence-corrected chi connectivity index (χ3v) is 4.24. The van der Waals surface area contributed by atoms with E-state index in [1.165, 1.54) is 11.1 Å². The Balaban J connectivity index is 1.94. The van der Waals surface area contributed by atoms with Gasteiger partial charge in [0.25, 0.3) is 0 Å². The number of benzene rings is 1. The maximum absolute atomic E-state index is 11.8. The van der Waals surface area contributed by atoms with E-state index in [2.05, 4.69) is 45.7 Å². The molecule has 2 rings (SSSR count). The van der Waals surface area contributed by atoms with Gasteiger partial charge in [-0.2, -0.15) is 0 Å². The Morgan fingerprint density at radius 2 is 2.19 bits per heavy atom. The van der Waals surface area contributed by atoms with Crippen LogP contribution in [0.25, 0.3) is 0 Å². The zero-order valence-corrected chi connectivity index (χ0v) is 13.9. The highest BCUT2D eigenvalue weighted by Gasteiger charge is 2.22. The number of rotatable bonds is 5. The number of piperidine rings is 1. The lowest BCUT2D eigenvalue weighted by atomic mass is 9.88. The molecule has 1 aromatic carbocycles. The van der Waals surface area contributed by atoms with Crippen molar-refractivity contribution in [2.75, 3.05) is 19.6 Å². The average molecular weight is 304 g/mol. The van der Waals surface area contributed by atoms with Gasteiger partial charge in [0.1, 0.15) is 0 Å². The summed E-state index contributed by atoms with van der Waals surface area (Å²) in [5.41, 5.74) is 2.76. The molecule has 4 heteroatoms. The fourth-order valence-corrected chi connectivity index (χ4v) is 3.01. The monoisotopic (exact) mass is 304 g/mol. The second kappa shape index (κ2) is 8.31. The Morgan fingerprint density at radius 1 is 1.43 bits per heavy atom. The van der Waals surface area contributed by atoms with Crippen molar-refractivity contribution >= 4 is 15.1 Å². The summed E-state index contributed by atoms with van der Waals surface area (Å²) in [6.45, 7) is 5.76. The Morgan fingerprint density at radius 3 is 2.86 bits per heavy atom. The van der Waals surface area contributed by atoms with Crippen LogP contribution in [-0.2, 0) is 11.3 Å². The molecule has 1 saturated heterocycles. The number of carbonyl (C=O) groups excluding carboxylic acids is 1. The Bertz CT molecular complexity index is 493. The zero-order chi connectivity index (χ0) is 15.1. The third-order valence-electron chi connectivity index (χ3n) is 4.05. The predicted octanol–water partition coefficient (Wildman–Crippen LogP) is 2.89. The third kappa shape index (κ3) is 4.66. The van der Waals surface area contributed by atoms with Gasteiger partial charge in [-0.05, 0) is 36.4 Å². The van der Waals surface area contributed by atoms with Crippen molar-refractivity contribution in [3.63, 3.8) is 0 Å². The lowest BCUT2D eigenvalue weighted by Crippen LogP contribution is -2.36. The lowest BCUT2D eigenvalue weighted by molar-refractivity contribution is -0.127. The highest BCUT2D eigenvalue weighted by atomic mass is 31.0. The fourth-order valence-electron chi connectivity index (χ4n) is 2.85. The molecule has 1 aromatic rings. The molecule has 1 aliphatic rings. The summed E-state index contributed by atoms with van der Waals surface area (Å²) in [5.74, 6) is 2.44. The van der Waals surface area contributed by atoms with Crippen molar-refractivity contribution in [1.29, 1.82) is 0 Å². The summed E-state index contributed by atoms with van der Waals surface area (Å²) in [4.78, 5) is 13.8. The van der Waals surface area contributed by atoms with Gasteiger partial charge >= 0.3 is 0 Å². The van der Waals surface area contributed by atoms with E-state index in [0.717, 1.165) is 39.0 Å². The lowest BCUT2D eigenvalue weighted by Gasteiger charge is -2.31. The van der Waals surface area contributed by atoms with E-state index in [9.17, 15) is 4.79 Å². The van der Waals surface area contributed by atoms with Crippen LogP contribution in [0.1, 0.15) is 36.8 Å². The molecule has 1 aliphatic heterocycles. The van der Waals surface area contributed by atoms with Gasteiger partial charge in [-0.3, -0.25) is 4.79 Å². The number of nitrogens with zero attached hydrogens (tertiary/aromatic N) is 1. The van der Waals surface area contributed by atoms with E-state index in [0.29, 0.717) is 5.92 Å². The molecule has 1 unspecified atom stereocenters. The van der Waals surface area contributed by atoms with Crippen LogP contribution in [0.4, 0.5) is 0 Å². The summed E-state index contributed by atoms with van der Waals surface area (Å²) in [6, 6.07) is 8.86. The van der Waals surface area contributed by atoms with Crippen molar-refractivity contribution in [2.45, 2.75) is 32.2 Å². The molecule has 0 aliphatic carbocycles. The summed E-state index contributed by atoms with van der Waals surface area (Å²) in [5, 5.41) is 3.37. The highest BCUT2D eigenvalue weighted by molar-refractivity contribution is 7.20. The molecule has 0 spiro atoms. The second-order valence-electron chi connectivity index (χ2n) is 5.48. The van der Waals surface area contributed by atoms with Gasteiger partial charge in [-0.25, -0.2) is 0 Å². The molecule has 1 atom stereocenters. The van der Waals surface area contributed by atoms with Gasteiger partial charge in [0.05, 0.1) is 0 Å². The summed E-state index contributed by atoms with van der Waals surface area (Å²) in [7, 11) is 2.45. The largest absolute Gasteiger partial charge is 0.339 e. The minimum Gasteiger partial charge on any atom is -0.339 e. The quantitative estimate of drug-likeness (QED) is 0.670. The molecule has 1 amide bonds. The Labute approximate surface area is 130 Å². The summed E-state index contributed by atoms with van der Waals surface area (Å²) >= 11 is 0. The van der Waals surface area contributed by atoms with Gasteiger partial charge in [0.15, 0.2) is 0 Å². The fraction of sp³-hybridized carbons (Fsp3) is 0.471. The van der Waals surface area contributed by atoms with Crippen molar-refractivity contribution in [3.8, 4) is 0 Å². The molecular formula is C17H25N2OP. The van der Waals surface area contributed by atoms with Gasteiger partial charge in [-0.15, -0.1) is 9.24 Å². The first-order valence-corrected chi connectivity index (χ1v) is 8.38. The first kappa shape index (κ1) is 16.2. The van der Waals surface area contributed by atoms with Crippen molar-refractivity contribution in [2.24, 2.45) is 0 Å². The molecular weight excluding hydrogens is 279 g/mol. The first-order chi connectivity index (χ1) is 10.2. The van der Waals surface area contributed by atoms with E-state index >= 15 is 0 Å². The first-order valence-electron chi connectivity index (χ1n) is 7.71. The smallest absolute Gasteiger partial charge is 0.246 e. The SMILES string of the molecule is CCNCc1cccc(C2CCN(C(=O)/C=C/P)CC2)c1. The molecule has 3 nitrogen and oxygen atoms in total. The average Bonchev–Trinajstić information content (AvgIpc) is 2.53. The molecule has 0 bridgehead atoms. The number of carbonyl (C=O) groups is 1. The second-order valence-corrected chi connectivity index (χ2v) is 5.87. The molecule has 0 saturated carbocycles. The topological polar surface area (TPSA) is 32.3 Å². The van der Waals surface area contributed by atoms with Crippen LogP contribution >= 0.6 is 9.24 Å². The number of amides is 1. The molecule has 21 heavy (non-hydrogen) atoms. The van der Waals surface area contributed by atoms with E-state index < -0.39 is 0 Å². The van der Waals surface area contributed by atoms with Crippen LogP contribution in [0.15, 0.2) is 36.2 Å². The normalized spacial score (nSPS) is 16.6. The van der Waals surface area contributed by atoms with E-state index in [1.807, 2.05) is 4.90 Å². The molecule has 114 valence electrons. The van der Waals surface area contributed by atoms with Gasteiger partial charge in [0.2, 0.25) is 5.91 Å². The van der Waals surface area contributed by atoms with Crippen LogP contribution in [0.2, 0.25) is 0 Å². The van der Waals surface area contributed by atoms with Gasteiger partial charge < -0.3 is 10.2 Å². The number of likely N-dealkylation sites (tertiary alicyclic amines) is 1. The van der Waals surface area contributed by atoms with Crippen molar-refractivity contribution in [3.05, 3.63) is 47.3 Å². The number of nitrogens with one attached hydrogen (secondary N) is 1. The van der Waals surface area contributed by atoms with E-state index in [4.69, 9.17) is 0 Å². The molecule has 1 heterocycles. The zero-order valence-electron chi connectivity index (χ0n) is 12.7. The minimum absolute atomic E-state index is 0.129. The Hall–Kier alpha value is -1.18. The predicted molar refractivity (Wildman–Crippen MR) is 91.2 cm³/mol. The van der Waals surface area contributed by atoms with Crippen LogP contribution in [-0.4, -0.2) is 30.4 Å². The number of hydrogen-bond donors (Lipinski definition) is 1. The standard InChI is InChI=1S/C17H25N2OP/c1-2-18-13-14-4-3-5-16(12-14)15-6-9-19(10-7-15)17(20)8-11-21/h3-5,8,11-12,15,18H,2,6-7,9-10,13,21H2,1H3/b11-8+. The van der Waals surface area contributed by atoms with E-state index in [1.54, 1.807) is 11.9 Å². The number of hydrogen-bond acceptors (Lipinski definition) is 2. The van der Waals surface area contributed by atoms with Crippen molar-refractivity contribution in [1.82, 2.24) is 10.2 Å². The maximum atomic E-state index is 11.8. The molecule has 1 N–H and O–H groups in total. The van der Waals surface area contributed by atoms with E-state index in [-0.39, 0.29) is 5.91 Å². The molecule has 0 aromatic heterocycles. The van der Waals surface area contributed by atoms with Crippen LogP contribution in [0.3, 0.4) is 0 Å². The van der Waals surface area contributed by atoms with Crippen LogP contribution in [0.5, 0.6) is 0 Å². The van der Waals surface area contributed by atoms with Crippen molar-refractivity contribution < 1.29 is 4.79 Å². The molecule has 0 radical (unpaired) electrons. The van der Waals surface area contributed by atoms with Crippen LogP contribution in [0, 0.1) is 0 Å². The minimum atomic E-state index is 0.129. The van der Waals surface area contributed by atoms with Gasteiger partial charge in [-0.1, -0.05) is 37.0 Å². The Kier molecular flexibility index (Phi) is 6.41. The maximum Gasteiger partial charge on any atom is 0.246 e. The summed E-state index contributed by atoms with van der Waals surface area (Å²) < 4.78 is 0.